The molecular formula is C11H10F3NO5S. The van der Waals surface area contributed by atoms with E-state index < -0.39 is 39.0 Å². The molecule has 1 aliphatic rings. The predicted molar refractivity (Wildman–Crippen MR) is 63.1 cm³/mol. The van der Waals surface area contributed by atoms with Crippen LogP contribution in [0.2, 0.25) is 0 Å². The van der Waals surface area contributed by atoms with Crippen LogP contribution in [0.5, 0.6) is 5.75 Å². The number of hydrogen-bond donors (Lipinski definition) is 1. The Bertz CT molecular complexity index is 658. The van der Waals surface area contributed by atoms with E-state index in [0.717, 1.165) is 22.5 Å². The second kappa shape index (κ2) is 5.19. The SMILES string of the molecule is O=C(O)[C@@H]1CCN1S(=O)(=O)c1cccc(OC(F)(F)F)c1. The fourth-order valence-electron chi connectivity index (χ4n) is 1.87. The summed E-state index contributed by atoms with van der Waals surface area (Å²) in [6.07, 6.45) is -4.78. The first-order chi connectivity index (χ1) is 9.61. The highest BCUT2D eigenvalue weighted by Gasteiger charge is 2.43. The summed E-state index contributed by atoms with van der Waals surface area (Å²) in [5, 5.41) is 8.84. The number of carboxylic acid groups (broad SMARTS) is 1. The normalized spacial score (nSPS) is 19.9. The van der Waals surface area contributed by atoms with Crippen LogP contribution < -0.4 is 4.74 Å². The number of hydrogen-bond acceptors (Lipinski definition) is 4. The number of nitrogens with zero attached hydrogens (tertiary/aromatic N) is 1. The Morgan fingerprint density at radius 3 is 2.52 bits per heavy atom. The van der Waals surface area contributed by atoms with Crippen LogP contribution >= 0.6 is 0 Å². The minimum Gasteiger partial charge on any atom is -0.480 e. The lowest BCUT2D eigenvalue weighted by Gasteiger charge is -2.36. The van der Waals surface area contributed by atoms with Gasteiger partial charge in [0.05, 0.1) is 4.90 Å². The fourth-order valence-corrected chi connectivity index (χ4v) is 3.53. The highest BCUT2D eigenvalue weighted by Crippen LogP contribution is 2.30. The maximum atomic E-state index is 12.2. The molecular weight excluding hydrogens is 315 g/mol. The number of carbonyl (C=O) groups is 1. The molecule has 6 nitrogen and oxygen atoms in total. The van der Waals surface area contributed by atoms with Crippen molar-refractivity contribution in [2.45, 2.75) is 23.7 Å². The zero-order valence-corrected chi connectivity index (χ0v) is 11.2. The van der Waals surface area contributed by atoms with Gasteiger partial charge in [-0.25, -0.2) is 8.42 Å². The van der Waals surface area contributed by atoms with Crippen LogP contribution in [0, 0.1) is 0 Å². The Morgan fingerprint density at radius 1 is 1.38 bits per heavy atom. The summed E-state index contributed by atoms with van der Waals surface area (Å²) in [5.74, 6) is -1.98. The second-order valence-electron chi connectivity index (χ2n) is 4.28. The van der Waals surface area contributed by atoms with Crippen LogP contribution in [0.15, 0.2) is 29.2 Å². The van der Waals surface area contributed by atoms with Crippen molar-refractivity contribution in [2.75, 3.05) is 6.54 Å². The third-order valence-electron chi connectivity index (χ3n) is 2.90. The molecule has 116 valence electrons. The molecule has 1 aliphatic heterocycles. The summed E-state index contributed by atoms with van der Waals surface area (Å²) in [7, 11) is -4.17. The summed E-state index contributed by atoms with van der Waals surface area (Å²) >= 11 is 0. The number of alkyl halides is 3. The maximum Gasteiger partial charge on any atom is 0.573 e. The molecule has 0 amide bonds. The zero-order chi connectivity index (χ0) is 15.8. The lowest BCUT2D eigenvalue weighted by molar-refractivity contribution is -0.274. The van der Waals surface area contributed by atoms with Gasteiger partial charge < -0.3 is 9.84 Å². The van der Waals surface area contributed by atoms with Crippen molar-refractivity contribution in [3.05, 3.63) is 24.3 Å². The molecule has 1 heterocycles. The molecule has 0 saturated carbocycles. The zero-order valence-electron chi connectivity index (χ0n) is 10.4. The summed E-state index contributed by atoms with van der Waals surface area (Å²) in [4.78, 5) is 10.4. The number of aliphatic carboxylic acids is 1. The van der Waals surface area contributed by atoms with Crippen molar-refractivity contribution in [1.29, 1.82) is 0 Å². The van der Waals surface area contributed by atoms with Crippen molar-refractivity contribution >= 4 is 16.0 Å². The molecule has 0 aromatic heterocycles. The smallest absolute Gasteiger partial charge is 0.480 e. The van der Waals surface area contributed by atoms with E-state index >= 15 is 0 Å². The summed E-state index contributed by atoms with van der Waals surface area (Å²) in [6, 6.07) is 2.64. The van der Waals surface area contributed by atoms with Gasteiger partial charge >= 0.3 is 12.3 Å². The van der Waals surface area contributed by atoms with E-state index in [1.54, 1.807) is 0 Å². The molecule has 21 heavy (non-hydrogen) atoms. The monoisotopic (exact) mass is 325 g/mol. The van der Waals surface area contributed by atoms with Crippen LogP contribution in [0.3, 0.4) is 0 Å². The van der Waals surface area contributed by atoms with Crippen molar-refractivity contribution in [2.24, 2.45) is 0 Å². The quantitative estimate of drug-likeness (QED) is 0.905. The Hall–Kier alpha value is -1.81. The third-order valence-corrected chi connectivity index (χ3v) is 4.81. The van der Waals surface area contributed by atoms with Crippen LogP contribution in [0.1, 0.15) is 6.42 Å². The second-order valence-corrected chi connectivity index (χ2v) is 6.17. The van der Waals surface area contributed by atoms with Gasteiger partial charge in [0.15, 0.2) is 0 Å². The maximum absolute atomic E-state index is 12.2. The molecule has 0 spiro atoms. The van der Waals surface area contributed by atoms with E-state index in [9.17, 15) is 26.4 Å². The first-order valence-corrected chi connectivity index (χ1v) is 7.16. The van der Waals surface area contributed by atoms with Crippen molar-refractivity contribution < 1.29 is 36.2 Å². The number of ether oxygens (including phenoxy) is 1. The van der Waals surface area contributed by atoms with Gasteiger partial charge in [0, 0.05) is 12.6 Å². The largest absolute Gasteiger partial charge is 0.573 e. The van der Waals surface area contributed by atoms with Gasteiger partial charge in [0.25, 0.3) is 0 Å². The molecule has 1 saturated heterocycles. The molecule has 0 radical (unpaired) electrons. The lowest BCUT2D eigenvalue weighted by atomic mass is 10.1. The standard InChI is InChI=1S/C11H10F3NO5S/c12-11(13,14)20-7-2-1-3-8(6-7)21(18,19)15-5-4-9(15)10(16)17/h1-3,6,9H,4-5H2,(H,16,17)/t9-/m0/s1. The first-order valence-electron chi connectivity index (χ1n) is 5.72. The van der Waals surface area contributed by atoms with E-state index in [2.05, 4.69) is 4.74 Å². The van der Waals surface area contributed by atoms with Crippen LogP contribution in [-0.2, 0) is 14.8 Å². The van der Waals surface area contributed by atoms with Crippen LogP contribution in [-0.4, -0.2) is 42.7 Å². The van der Waals surface area contributed by atoms with Crippen LogP contribution in [0.25, 0.3) is 0 Å². The van der Waals surface area contributed by atoms with Crippen molar-refractivity contribution in [3.8, 4) is 5.75 Å². The van der Waals surface area contributed by atoms with Gasteiger partial charge in [-0.2, -0.15) is 4.31 Å². The molecule has 1 N–H and O–H groups in total. The molecule has 0 aliphatic carbocycles. The van der Waals surface area contributed by atoms with Gasteiger partial charge in [-0.05, 0) is 18.6 Å². The van der Waals surface area contributed by atoms with Gasteiger partial charge in [0.1, 0.15) is 11.8 Å². The number of carboxylic acids is 1. The minimum atomic E-state index is -4.94. The molecule has 1 aromatic rings. The van der Waals surface area contributed by atoms with E-state index in [0.29, 0.717) is 6.07 Å². The summed E-state index contributed by atoms with van der Waals surface area (Å²) < 4.78 is 65.1. The van der Waals surface area contributed by atoms with E-state index in [4.69, 9.17) is 5.11 Å². The van der Waals surface area contributed by atoms with Gasteiger partial charge in [-0.15, -0.1) is 13.2 Å². The fraction of sp³-hybridized carbons (Fsp3) is 0.364. The van der Waals surface area contributed by atoms with E-state index in [-0.39, 0.29) is 13.0 Å². The number of sulfonamides is 1. The molecule has 1 atom stereocenters. The first kappa shape index (κ1) is 15.6. The average Bonchev–Trinajstić information content (AvgIpc) is 2.23. The van der Waals surface area contributed by atoms with Gasteiger partial charge in [-0.1, -0.05) is 6.07 Å². The average molecular weight is 325 g/mol. The van der Waals surface area contributed by atoms with Gasteiger partial charge in [0.2, 0.25) is 10.0 Å². The van der Waals surface area contributed by atoms with Crippen molar-refractivity contribution in [3.63, 3.8) is 0 Å². The highest BCUT2D eigenvalue weighted by atomic mass is 32.2. The topological polar surface area (TPSA) is 83.9 Å². The number of benzene rings is 1. The summed E-state index contributed by atoms with van der Waals surface area (Å²) in [5.41, 5.74) is 0. The molecule has 10 heteroatoms. The molecule has 2 rings (SSSR count). The minimum absolute atomic E-state index is 0.00363. The number of rotatable bonds is 4. The predicted octanol–water partition coefficient (Wildman–Crippen LogP) is 1.43. The van der Waals surface area contributed by atoms with E-state index in [1.165, 1.54) is 0 Å². The highest BCUT2D eigenvalue weighted by molar-refractivity contribution is 7.89. The van der Waals surface area contributed by atoms with E-state index in [1.807, 2.05) is 0 Å². The Labute approximate surface area is 117 Å². The Balaban J connectivity index is 2.29. The van der Waals surface area contributed by atoms with Crippen molar-refractivity contribution in [1.82, 2.24) is 4.31 Å². The molecule has 1 aromatic carbocycles. The molecule has 0 unspecified atom stereocenters. The lowest BCUT2D eigenvalue weighted by Crippen LogP contribution is -2.54. The summed E-state index contributed by atoms with van der Waals surface area (Å²) in [6.45, 7) is 0.00363. The Morgan fingerprint density at radius 2 is 2.05 bits per heavy atom. The third kappa shape index (κ3) is 3.27. The van der Waals surface area contributed by atoms with Crippen LogP contribution in [0.4, 0.5) is 13.2 Å². The molecule has 0 bridgehead atoms. The van der Waals surface area contributed by atoms with Gasteiger partial charge in [-0.3, -0.25) is 4.79 Å². The Kier molecular flexibility index (Phi) is 3.85. The molecule has 1 fully saturated rings. The number of halogens is 3.